The molecule has 1 aliphatic heterocycles. The minimum atomic E-state index is -0.972. The normalized spacial score (nSPS) is 15.4. The van der Waals surface area contributed by atoms with E-state index in [9.17, 15) is 19.7 Å². The molecule has 0 aliphatic carbocycles. The molecule has 1 saturated heterocycles. The second kappa shape index (κ2) is 7.93. The predicted molar refractivity (Wildman–Crippen MR) is 89.7 cm³/mol. The van der Waals surface area contributed by atoms with Crippen LogP contribution in [0.15, 0.2) is 18.2 Å². The molecule has 0 unspecified atom stereocenters. The van der Waals surface area contributed by atoms with Crippen LogP contribution >= 0.6 is 0 Å². The Morgan fingerprint density at radius 3 is 2.52 bits per heavy atom. The third-order valence-corrected chi connectivity index (χ3v) is 3.83. The van der Waals surface area contributed by atoms with Crippen LogP contribution in [0.5, 0.6) is 0 Å². The van der Waals surface area contributed by atoms with Crippen LogP contribution in [-0.2, 0) is 14.3 Å². The first-order chi connectivity index (χ1) is 11.8. The zero-order valence-electron chi connectivity index (χ0n) is 14.4. The van der Waals surface area contributed by atoms with Gasteiger partial charge < -0.3 is 19.3 Å². The van der Waals surface area contributed by atoms with E-state index in [1.165, 1.54) is 30.0 Å². The molecule has 136 valence electrons. The Hall–Kier alpha value is -2.68. The molecular formula is C16H21N3O6. The number of ether oxygens (including phenoxy) is 2. The SMILES string of the molecule is C[C@H](OC(=O)c1ccc(N2CCOCC2)c([N+](=O)[O-])c1)C(=O)N(C)C. The van der Waals surface area contributed by atoms with Crippen LogP contribution < -0.4 is 4.90 Å². The molecule has 0 spiro atoms. The van der Waals surface area contributed by atoms with Gasteiger partial charge in [-0.2, -0.15) is 0 Å². The van der Waals surface area contributed by atoms with Crippen LogP contribution in [-0.4, -0.2) is 68.2 Å². The van der Waals surface area contributed by atoms with Gasteiger partial charge in [-0.3, -0.25) is 14.9 Å². The molecule has 9 heteroatoms. The quantitative estimate of drug-likeness (QED) is 0.444. The summed E-state index contributed by atoms with van der Waals surface area (Å²) in [6, 6.07) is 4.17. The number of esters is 1. The van der Waals surface area contributed by atoms with E-state index in [0.29, 0.717) is 32.0 Å². The number of benzene rings is 1. The van der Waals surface area contributed by atoms with Crippen molar-refractivity contribution < 1.29 is 24.0 Å². The minimum Gasteiger partial charge on any atom is -0.449 e. The monoisotopic (exact) mass is 351 g/mol. The summed E-state index contributed by atoms with van der Waals surface area (Å²) in [7, 11) is 3.10. The fraction of sp³-hybridized carbons (Fsp3) is 0.500. The highest BCUT2D eigenvalue weighted by Gasteiger charge is 2.25. The molecule has 0 bridgehead atoms. The van der Waals surface area contributed by atoms with Gasteiger partial charge in [0.25, 0.3) is 11.6 Å². The molecule has 1 aliphatic rings. The van der Waals surface area contributed by atoms with E-state index in [-0.39, 0.29) is 17.2 Å². The molecule has 1 heterocycles. The van der Waals surface area contributed by atoms with Crippen molar-refractivity contribution in [2.24, 2.45) is 0 Å². The van der Waals surface area contributed by atoms with E-state index in [1.54, 1.807) is 14.1 Å². The molecule has 0 N–H and O–H groups in total. The Kier molecular flexibility index (Phi) is 5.92. The maximum atomic E-state index is 12.2. The Balaban J connectivity index is 2.21. The van der Waals surface area contributed by atoms with Gasteiger partial charge in [0.15, 0.2) is 6.10 Å². The van der Waals surface area contributed by atoms with Gasteiger partial charge in [-0.05, 0) is 19.1 Å². The lowest BCUT2D eigenvalue weighted by atomic mass is 10.1. The fourth-order valence-corrected chi connectivity index (χ4v) is 2.51. The van der Waals surface area contributed by atoms with E-state index in [2.05, 4.69) is 0 Å². The maximum absolute atomic E-state index is 12.2. The van der Waals surface area contributed by atoms with E-state index < -0.39 is 17.0 Å². The summed E-state index contributed by atoms with van der Waals surface area (Å²) in [5, 5.41) is 11.4. The molecule has 1 atom stereocenters. The molecule has 25 heavy (non-hydrogen) atoms. The molecule has 0 radical (unpaired) electrons. The zero-order chi connectivity index (χ0) is 18.6. The largest absolute Gasteiger partial charge is 0.449 e. The van der Waals surface area contributed by atoms with E-state index in [0.717, 1.165) is 0 Å². The van der Waals surface area contributed by atoms with Gasteiger partial charge in [-0.25, -0.2) is 4.79 Å². The highest BCUT2D eigenvalue weighted by molar-refractivity contribution is 5.93. The summed E-state index contributed by atoms with van der Waals surface area (Å²) >= 11 is 0. The second-order valence-electron chi connectivity index (χ2n) is 5.84. The number of rotatable bonds is 5. The summed E-state index contributed by atoms with van der Waals surface area (Å²) in [6.07, 6.45) is -0.972. The summed E-state index contributed by atoms with van der Waals surface area (Å²) in [5.74, 6) is -1.15. The molecule has 1 amide bonds. The van der Waals surface area contributed by atoms with Crippen LogP contribution in [0.4, 0.5) is 11.4 Å². The Bertz CT molecular complexity index is 670. The fourth-order valence-electron chi connectivity index (χ4n) is 2.51. The number of amides is 1. The highest BCUT2D eigenvalue weighted by Crippen LogP contribution is 2.30. The molecule has 1 aromatic carbocycles. The lowest BCUT2D eigenvalue weighted by Crippen LogP contribution is -2.36. The third kappa shape index (κ3) is 4.44. The Morgan fingerprint density at radius 1 is 1.32 bits per heavy atom. The third-order valence-electron chi connectivity index (χ3n) is 3.83. The number of nitro groups is 1. The smallest absolute Gasteiger partial charge is 0.339 e. The summed E-state index contributed by atoms with van der Waals surface area (Å²) < 4.78 is 10.3. The first-order valence-electron chi connectivity index (χ1n) is 7.84. The molecule has 2 rings (SSSR count). The molecule has 0 aromatic heterocycles. The van der Waals surface area contributed by atoms with Crippen molar-refractivity contribution in [3.8, 4) is 0 Å². The molecular weight excluding hydrogens is 330 g/mol. The second-order valence-corrected chi connectivity index (χ2v) is 5.84. The van der Waals surface area contributed by atoms with Crippen LogP contribution in [0.1, 0.15) is 17.3 Å². The van der Waals surface area contributed by atoms with Gasteiger partial charge in [0, 0.05) is 33.3 Å². The molecule has 0 saturated carbocycles. The predicted octanol–water partition coefficient (Wildman–Crippen LogP) is 1.06. The average molecular weight is 351 g/mol. The van der Waals surface area contributed by atoms with Gasteiger partial charge in [-0.1, -0.05) is 0 Å². The minimum absolute atomic E-state index is 0.0297. The van der Waals surface area contributed by atoms with E-state index in [1.807, 2.05) is 4.90 Å². The molecule has 1 fully saturated rings. The van der Waals surface area contributed by atoms with Crippen LogP contribution in [0, 0.1) is 10.1 Å². The van der Waals surface area contributed by atoms with Crippen molar-refractivity contribution in [3.05, 3.63) is 33.9 Å². The number of morpholine rings is 1. The summed E-state index contributed by atoms with van der Waals surface area (Å²) in [6.45, 7) is 3.52. The lowest BCUT2D eigenvalue weighted by Gasteiger charge is -2.28. The van der Waals surface area contributed by atoms with Gasteiger partial charge in [-0.15, -0.1) is 0 Å². The number of carbonyl (C=O) groups excluding carboxylic acids is 2. The topological polar surface area (TPSA) is 102 Å². The lowest BCUT2D eigenvalue weighted by molar-refractivity contribution is -0.384. The van der Waals surface area contributed by atoms with Gasteiger partial charge >= 0.3 is 5.97 Å². The van der Waals surface area contributed by atoms with Crippen molar-refractivity contribution >= 4 is 23.3 Å². The van der Waals surface area contributed by atoms with Crippen molar-refractivity contribution in [1.82, 2.24) is 4.90 Å². The average Bonchev–Trinajstić information content (AvgIpc) is 2.60. The van der Waals surface area contributed by atoms with E-state index >= 15 is 0 Å². The van der Waals surface area contributed by atoms with E-state index in [4.69, 9.17) is 9.47 Å². The standard InChI is InChI=1S/C16H21N3O6/c1-11(15(20)17(2)3)25-16(21)12-4-5-13(14(10-12)19(22)23)18-6-8-24-9-7-18/h4-5,10-11H,6-9H2,1-3H3/t11-/m0/s1. The van der Waals surface area contributed by atoms with Gasteiger partial charge in [0.1, 0.15) is 5.69 Å². The zero-order valence-corrected chi connectivity index (χ0v) is 14.4. The first-order valence-corrected chi connectivity index (χ1v) is 7.84. The maximum Gasteiger partial charge on any atom is 0.339 e. The van der Waals surface area contributed by atoms with Crippen LogP contribution in [0.2, 0.25) is 0 Å². The molecule has 9 nitrogen and oxygen atoms in total. The number of nitrogens with zero attached hydrogens (tertiary/aromatic N) is 3. The summed E-state index contributed by atoms with van der Waals surface area (Å²) in [5.41, 5.74) is 0.285. The number of anilines is 1. The van der Waals surface area contributed by atoms with Crippen LogP contribution in [0.25, 0.3) is 0 Å². The van der Waals surface area contributed by atoms with Crippen LogP contribution in [0.3, 0.4) is 0 Å². The highest BCUT2D eigenvalue weighted by atomic mass is 16.6. The number of carbonyl (C=O) groups is 2. The number of likely N-dealkylation sites (N-methyl/N-ethyl adjacent to an activating group) is 1. The van der Waals surface area contributed by atoms with Crippen molar-refractivity contribution in [2.75, 3.05) is 45.3 Å². The Morgan fingerprint density at radius 2 is 1.96 bits per heavy atom. The van der Waals surface area contributed by atoms with Crippen molar-refractivity contribution in [1.29, 1.82) is 0 Å². The van der Waals surface area contributed by atoms with Gasteiger partial charge in [0.2, 0.25) is 0 Å². The number of hydrogen-bond acceptors (Lipinski definition) is 7. The first kappa shape index (κ1) is 18.7. The number of nitro benzene ring substituents is 1. The number of hydrogen-bond donors (Lipinski definition) is 0. The van der Waals surface area contributed by atoms with Crippen molar-refractivity contribution in [3.63, 3.8) is 0 Å². The molecule has 1 aromatic rings. The summed E-state index contributed by atoms with van der Waals surface area (Å²) in [4.78, 5) is 38.0. The van der Waals surface area contributed by atoms with Gasteiger partial charge in [0.05, 0.1) is 23.7 Å². The Labute approximate surface area is 145 Å². The van der Waals surface area contributed by atoms with Crippen molar-refractivity contribution in [2.45, 2.75) is 13.0 Å².